The summed E-state index contributed by atoms with van der Waals surface area (Å²) < 4.78 is 28.0. The summed E-state index contributed by atoms with van der Waals surface area (Å²) in [7, 11) is 6.65. The fourth-order valence-electron chi connectivity index (χ4n) is 4.47. The Morgan fingerprint density at radius 2 is 1.40 bits per heavy atom. The maximum Gasteiger partial charge on any atom is 0.347 e. The third-order valence-electron chi connectivity index (χ3n) is 6.36. The highest BCUT2D eigenvalue weighted by atomic mass is 32.1. The fraction of sp³-hybridized carbons (Fsp3) is 0.258. The van der Waals surface area contributed by atoms with Gasteiger partial charge in [-0.05, 0) is 90.4 Å². The third kappa shape index (κ3) is 5.65. The molecule has 208 valence electrons. The fourth-order valence-corrected chi connectivity index (χ4v) is 4.56. The molecule has 0 aliphatic carbocycles. The topological polar surface area (TPSA) is 83.5 Å². The minimum absolute atomic E-state index is 0.256. The normalized spacial score (nSPS) is 10.8. The van der Waals surface area contributed by atoms with Crippen molar-refractivity contribution in [1.82, 2.24) is 4.90 Å². The smallest absolute Gasteiger partial charge is 0.347 e. The Bertz CT molecular complexity index is 1610. The van der Waals surface area contributed by atoms with Crippen LogP contribution >= 0.6 is 12.2 Å². The lowest BCUT2D eigenvalue weighted by molar-refractivity contribution is 0.0522. The molecule has 4 aromatic rings. The average molecular weight is 562 g/mol. The number of nitrogens with zero attached hydrogens (tertiary/aromatic N) is 1. The van der Waals surface area contributed by atoms with E-state index < -0.39 is 11.9 Å². The highest BCUT2D eigenvalue weighted by Gasteiger charge is 2.23. The van der Waals surface area contributed by atoms with Gasteiger partial charge in [0.25, 0.3) is 5.17 Å². The van der Waals surface area contributed by atoms with Crippen LogP contribution in [0.25, 0.3) is 21.5 Å². The molecule has 0 aliphatic rings. The quantitative estimate of drug-likeness (QED) is 0.142. The number of rotatable bonds is 8. The molecule has 0 spiro atoms. The van der Waals surface area contributed by atoms with E-state index in [-0.39, 0.29) is 6.61 Å². The van der Waals surface area contributed by atoms with Crippen LogP contribution in [0, 0.1) is 0 Å². The number of esters is 2. The van der Waals surface area contributed by atoms with Crippen LogP contribution in [-0.4, -0.2) is 56.9 Å². The summed E-state index contributed by atoms with van der Waals surface area (Å²) in [5, 5.41) is 3.35. The zero-order valence-electron chi connectivity index (χ0n) is 23.3. The van der Waals surface area contributed by atoms with Gasteiger partial charge in [-0.15, -0.1) is 0 Å². The maximum atomic E-state index is 13.5. The number of thiocarbonyl (C=S) groups is 1. The van der Waals surface area contributed by atoms with Gasteiger partial charge in [0.2, 0.25) is 0 Å². The molecule has 0 saturated carbocycles. The van der Waals surface area contributed by atoms with E-state index in [4.69, 9.17) is 35.9 Å². The van der Waals surface area contributed by atoms with Crippen LogP contribution in [0.4, 0.5) is 0 Å². The van der Waals surface area contributed by atoms with Crippen molar-refractivity contribution in [1.29, 1.82) is 0 Å². The molecule has 4 rings (SSSR count). The summed E-state index contributed by atoms with van der Waals surface area (Å²) in [5.41, 5.74) is 1.45. The highest BCUT2D eigenvalue weighted by molar-refractivity contribution is 7.80. The van der Waals surface area contributed by atoms with Gasteiger partial charge in [-0.1, -0.05) is 13.0 Å². The molecule has 0 atom stereocenters. The van der Waals surface area contributed by atoms with Gasteiger partial charge in [0.05, 0.1) is 20.8 Å². The molecule has 0 amide bonds. The second-order valence-electron chi connectivity index (χ2n) is 9.08. The van der Waals surface area contributed by atoms with Gasteiger partial charge in [-0.3, -0.25) is 0 Å². The number of ether oxygens (including phenoxy) is 5. The molecule has 0 aliphatic heterocycles. The number of fused-ring (bicyclic) bond motifs is 2. The van der Waals surface area contributed by atoms with Crippen LogP contribution < -0.4 is 18.9 Å². The lowest BCUT2D eigenvalue weighted by Gasteiger charge is -2.18. The van der Waals surface area contributed by atoms with Crippen molar-refractivity contribution < 1.29 is 33.3 Å². The van der Waals surface area contributed by atoms with Crippen LogP contribution in [0.15, 0.2) is 54.6 Å². The average Bonchev–Trinajstić information content (AvgIpc) is 2.95. The number of methoxy groups -OCH3 is 2. The molecule has 40 heavy (non-hydrogen) atoms. The van der Waals surface area contributed by atoms with Gasteiger partial charge in [-0.2, -0.15) is 0 Å². The van der Waals surface area contributed by atoms with Gasteiger partial charge in [0.15, 0.2) is 0 Å². The van der Waals surface area contributed by atoms with Crippen molar-refractivity contribution in [3.63, 3.8) is 0 Å². The van der Waals surface area contributed by atoms with Crippen LogP contribution in [0.1, 0.15) is 40.1 Å². The predicted octanol–water partition coefficient (Wildman–Crippen LogP) is 6.19. The van der Waals surface area contributed by atoms with Gasteiger partial charge in [0, 0.05) is 24.9 Å². The number of hydrogen-bond donors (Lipinski definition) is 0. The van der Waals surface area contributed by atoms with Crippen LogP contribution in [0.3, 0.4) is 0 Å². The van der Waals surface area contributed by atoms with E-state index in [0.717, 1.165) is 21.7 Å². The Morgan fingerprint density at radius 1 is 0.775 bits per heavy atom. The zero-order valence-corrected chi connectivity index (χ0v) is 24.1. The molecule has 0 radical (unpaired) electrons. The first-order valence-corrected chi connectivity index (χ1v) is 13.2. The minimum Gasteiger partial charge on any atom is -0.495 e. The van der Waals surface area contributed by atoms with Gasteiger partial charge < -0.3 is 28.6 Å². The minimum atomic E-state index is -0.542. The molecule has 4 aromatic carbocycles. The van der Waals surface area contributed by atoms with E-state index in [0.29, 0.717) is 51.1 Å². The van der Waals surface area contributed by atoms with Gasteiger partial charge in [0.1, 0.15) is 34.1 Å². The van der Waals surface area contributed by atoms with Crippen molar-refractivity contribution in [2.45, 2.75) is 20.3 Å². The van der Waals surface area contributed by atoms with E-state index in [1.54, 1.807) is 48.2 Å². The van der Waals surface area contributed by atoms with Crippen molar-refractivity contribution in [3.05, 3.63) is 71.3 Å². The van der Waals surface area contributed by atoms with Crippen molar-refractivity contribution in [2.24, 2.45) is 0 Å². The second-order valence-corrected chi connectivity index (χ2v) is 9.43. The number of benzene rings is 4. The van der Waals surface area contributed by atoms with E-state index >= 15 is 0 Å². The summed E-state index contributed by atoms with van der Waals surface area (Å²) in [6.07, 6.45) is 0.573. The molecule has 0 fully saturated rings. The summed E-state index contributed by atoms with van der Waals surface area (Å²) in [4.78, 5) is 27.6. The second kappa shape index (κ2) is 12.2. The Kier molecular flexibility index (Phi) is 8.74. The maximum absolute atomic E-state index is 13.5. The molecule has 0 heterocycles. The molecule has 9 heteroatoms. The largest absolute Gasteiger partial charge is 0.495 e. The van der Waals surface area contributed by atoms with Crippen molar-refractivity contribution >= 4 is 50.9 Å². The lowest BCUT2D eigenvalue weighted by atomic mass is 9.97. The van der Waals surface area contributed by atoms with Gasteiger partial charge in [-0.25, -0.2) is 9.59 Å². The lowest BCUT2D eigenvalue weighted by Crippen LogP contribution is -2.24. The zero-order chi connectivity index (χ0) is 29.0. The van der Waals surface area contributed by atoms with E-state index in [9.17, 15) is 9.59 Å². The van der Waals surface area contributed by atoms with E-state index in [2.05, 4.69) is 0 Å². The number of carbonyl (C=O) groups excluding carboxylic acids is 2. The highest BCUT2D eigenvalue weighted by Crippen LogP contribution is 2.37. The Labute approximate surface area is 238 Å². The van der Waals surface area contributed by atoms with Gasteiger partial charge >= 0.3 is 11.9 Å². The molecule has 0 bridgehead atoms. The van der Waals surface area contributed by atoms with E-state index in [1.165, 1.54) is 14.2 Å². The third-order valence-corrected chi connectivity index (χ3v) is 6.81. The SMILES string of the molecule is CCOC(=O)c1ccc2cc(OC(=O)c3c(CC)cc4cc(OC(=S)N(C)C)ccc4c3OC)ccc2c1OC. The standard InChI is InChI=1S/C31H31NO7S/c1-7-18-15-20-17-22(39-31(40)32(3)4)11-14-24(20)28(36-6)26(18)30(34)38-21-10-13-23-19(16-21)9-12-25(27(23)35-5)29(33)37-8-2/h9-17H,7-8H2,1-6H3. The summed E-state index contributed by atoms with van der Waals surface area (Å²) in [6.45, 7) is 3.96. The molecule has 0 N–H and O–H groups in total. The first kappa shape index (κ1) is 28.6. The Morgan fingerprint density at radius 3 is 2.00 bits per heavy atom. The van der Waals surface area contributed by atoms with Crippen molar-refractivity contribution in [2.75, 3.05) is 34.9 Å². The Hall–Kier alpha value is -4.37. The Balaban J connectivity index is 1.70. The molecule has 0 unspecified atom stereocenters. The molecule has 0 aromatic heterocycles. The first-order chi connectivity index (χ1) is 19.2. The predicted molar refractivity (Wildman–Crippen MR) is 158 cm³/mol. The molecule has 0 saturated heterocycles. The van der Waals surface area contributed by atoms with Crippen LogP contribution in [0.2, 0.25) is 0 Å². The van der Waals surface area contributed by atoms with E-state index in [1.807, 2.05) is 39.2 Å². The number of carbonyl (C=O) groups is 2. The number of hydrogen-bond acceptors (Lipinski definition) is 8. The summed E-state index contributed by atoms with van der Waals surface area (Å²) in [5.74, 6) is 0.734. The van der Waals surface area contributed by atoms with Crippen LogP contribution in [0.5, 0.6) is 23.0 Å². The van der Waals surface area contributed by atoms with Crippen LogP contribution in [-0.2, 0) is 11.2 Å². The first-order valence-electron chi connectivity index (χ1n) is 12.7. The summed E-state index contributed by atoms with van der Waals surface area (Å²) in [6, 6.07) is 15.9. The van der Waals surface area contributed by atoms with Crippen molar-refractivity contribution in [3.8, 4) is 23.0 Å². The monoisotopic (exact) mass is 561 g/mol. The molecular weight excluding hydrogens is 530 g/mol. The number of aryl methyl sites for hydroxylation is 1. The summed E-state index contributed by atoms with van der Waals surface area (Å²) >= 11 is 5.26. The molecule has 8 nitrogen and oxygen atoms in total. The molecular formula is C31H31NO7S.